The topological polar surface area (TPSA) is 120 Å². The fraction of sp³-hybridized carbons (Fsp3) is 0.286. The minimum Gasteiger partial charge on any atom is -0.480 e. The maximum absolute atomic E-state index is 12.0. The first-order valence-corrected chi connectivity index (χ1v) is 7.57. The molecule has 2 unspecified atom stereocenters. The Hall–Kier alpha value is -2.16. The van der Waals surface area contributed by atoms with Crippen LogP contribution in [0.4, 0.5) is 0 Å². The van der Waals surface area contributed by atoms with Gasteiger partial charge in [-0.15, -0.1) is 0 Å². The zero-order valence-corrected chi connectivity index (χ0v) is 13.8. The molecule has 0 saturated heterocycles. The zero-order chi connectivity index (χ0) is 17.7. The van der Waals surface area contributed by atoms with Gasteiger partial charge in [0.25, 0.3) is 0 Å². The second-order valence-electron chi connectivity index (χ2n) is 4.91. The van der Waals surface area contributed by atoms with Crippen LogP contribution in [0, 0.1) is 0 Å². The number of carbonyl (C=O) groups is 2. The molecule has 10 heteroatoms. The number of aliphatic carboxylic acids is 1. The summed E-state index contributed by atoms with van der Waals surface area (Å²) in [6.45, 7) is 0.148. The Morgan fingerprint density at radius 3 is 2.71 bits per heavy atom. The van der Waals surface area contributed by atoms with E-state index in [0.29, 0.717) is 15.6 Å². The fourth-order valence-electron chi connectivity index (χ4n) is 1.93. The van der Waals surface area contributed by atoms with E-state index in [-0.39, 0.29) is 6.54 Å². The number of carboxylic acid groups (broad SMARTS) is 1. The number of ether oxygens (including phenoxy) is 1. The first-order valence-electron chi connectivity index (χ1n) is 6.82. The molecule has 3 N–H and O–H groups in total. The van der Waals surface area contributed by atoms with E-state index in [2.05, 4.69) is 10.1 Å². The number of nitrogens with two attached hydrogens (primary N) is 1. The normalized spacial score (nSPS) is 13.3. The minimum atomic E-state index is -1.34. The van der Waals surface area contributed by atoms with Gasteiger partial charge in [0.05, 0.1) is 13.0 Å². The number of rotatable bonds is 7. The van der Waals surface area contributed by atoms with Crippen LogP contribution in [-0.4, -0.2) is 37.9 Å². The highest BCUT2D eigenvalue weighted by Crippen LogP contribution is 2.29. The molecule has 0 fully saturated rings. The summed E-state index contributed by atoms with van der Waals surface area (Å²) in [5, 5.41) is 13.5. The third-order valence-corrected chi connectivity index (χ3v) is 3.67. The van der Waals surface area contributed by atoms with Crippen molar-refractivity contribution in [2.75, 3.05) is 0 Å². The Bertz CT molecular complexity index is 724. The highest BCUT2D eigenvalue weighted by atomic mass is 35.5. The summed E-state index contributed by atoms with van der Waals surface area (Å²) in [6, 6.07) is 3.40. The van der Waals surface area contributed by atoms with Gasteiger partial charge in [-0.25, -0.2) is 9.67 Å². The highest BCUT2D eigenvalue weighted by Gasteiger charge is 2.24. The lowest BCUT2D eigenvalue weighted by molar-refractivity contribution is -0.154. The van der Waals surface area contributed by atoms with Crippen LogP contribution in [0.25, 0.3) is 0 Å². The van der Waals surface area contributed by atoms with Gasteiger partial charge in [-0.2, -0.15) is 5.10 Å². The molecule has 0 spiro atoms. The van der Waals surface area contributed by atoms with Gasteiger partial charge in [-0.3, -0.25) is 9.59 Å². The number of nitrogens with zero attached hydrogens (tertiary/aromatic N) is 3. The molecule has 2 aromatic rings. The number of benzene rings is 1. The average Bonchev–Trinajstić information content (AvgIpc) is 2.99. The summed E-state index contributed by atoms with van der Waals surface area (Å²) in [7, 11) is 0. The van der Waals surface area contributed by atoms with Crippen molar-refractivity contribution in [1.29, 1.82) is 0 Å². The lowest BCUT2D eigenvalue weighted by Crippen LogP contribution is -2.33. The zero-order valence-electron chi connectivity index (χ0n) is 12.3. The van der Waals surface area contributed by atoms with E-state index < -0.39 is 30.5 Å². The van der Waals surface area contributed by atoms with E-state index in [9.17, 15) is 9.59 Å². The van der Waals surface area contributed by atoms with Gasteiger partial charge >= 0.3 is 11.9 Å². The van der Waals surface area contributed by atoms with Crippen LogP contribution >= 0.6 is 23.2 Å². The molecule has 0 aliphatic heterocycles. The van der Waals surface area contributed by atoms with Crippen molar-refractivity contribution in [3.8, 4) is 0 Å². The van der Waals surface area contributed by atoms with Crippen LogP contribution in [0.3, 0.4) is 0 Å². The Morgan fingerprint density at radius 2 is 2.12 bits per heavy atom. The molecule has 2 atom stereocenters. The van der Waals surface area contributed by atoms with Crippen LogP contribution in [-0.2, 0) is 20.9 Å². The summed E-state index contributed by atoms with van der Waals surface area (Å²) in [5.74, 6) is -2.05. The molecule has 0 amide bonds. The Morgan fingerprint density at radius 1 is 1.38 bits per heavy atom. The van der Waals surface area contributed by atoms with Crippen LogP contribution in [0.1, 0.15) is 18.1 Å². The minimum absolute atomic E-state index is 0.148. The molecule has 0 saturated carbocycles. The number of aromatic nitrogens is 3. The van der Waals surface area contributed by atoms with Gasteiger partial charge in [0.1, 0.15) is 24.8 Å². The predicted octanol–water partition coefficient (Wildman–Crippen LogP) is 1.67. The van der Waals surface area contributed by atoms with E-state index >= 15 is 0 Å². The first-order chi connectivity index (χ1) is 11.4. The monoisotopic (exact) mass is 372 g/mol. The molecule has 1 heterocycles. The molecular formula is C14H14Cl2N4O4. The number of hydrogen-bond donors (Lipinski definition) is 2. The number of hydrogen-bond acceptors (Lipinski definition) is 6. The molecule has 0 radical (unpaired) electrons. The first kappa shape index (κ1) is 18.2. The lowest BCUT2D eigenvalue weighted by atomic mass is 10.1. The second kappa shape index (κ2) is 8.09. The maximum atomic E-state index is 12.0. The van der Waals surface area contributed by atoms with Gasteiger partial charge in [0.15, 0.2) is 0 Å². The number of halogens is 2. The standard InChI is InChI=1S/C14H14Cl2N4O4/c15-8-1-2-9(10(16)3-8)12(5-20-7-18-6-19-20)24-13(21)4-11(17)14(22)23/h1-3,6-7,11-12H,4-5,17H2,(H,22,23). The fourth-order valence-corrected chi connectivity index (χ4v) is 2.46. The number of esters is 1. The highest BCUT2D eigenvalue weighted by molar-refractivity contribution is 6.35. The van der Waals surface area contributed by atoms with Gasteiger partial charge in [0.2, 0.25) is 0 Å². The van der Waals surface area contributed by atoms with E-state index in [1.54, 1.807) is 12.1 Å². The van der Waals surface area contributed by atoms with Crippen molar-refractivity contribution < 1.29 is 19.4 Å². The summed E-state index contributed by atoms with van der Waals surface area (Å²) in [4.78, 5) is 26.5. The molecule has 8 nitrogen and oxygen atoms in total. The third kappa shape index (κ3) is 4.92. The SMILES string of the molecule is NC(CC(=O)OC(Cn1cncn1)c1ccc(Cl)cc1Cl)C(=O)O. The summed E-state index contributed by atoms with van der Waals surface area (Å²) in [5.41, 5.74) is 5.85. The molecule has 24 heavy (non-hydrogen) atoms. The van der Waals surface area contributed by atoms with Gasteiger partial charge in [-0.05, 0) is 12.1 Å². The third-order valence-electron chi connectivity index (χ3n) is 3.11. The average molecular weight is 373 g/mol. The lowest BCUT2D eigenvalue weighted by Gasteiger charge is -2.20. The van der Waals surface area contributed by atoms with Crippen LogP contribution in [0.5, 0.6) is 0 Å². The smallest absolute Gasteiger partial charge is 0.321 e. The van der Waals surface area contributed by atoms with Crippen LogP contribution in [0.15, 0.2) is 30.9 Å². The maximum Gasteiger partial charge on any atom is 0.321 e. The second-order valence-corrected chi connectivity index (χ2v) is 5.75. The van der Waals surface area contributed by atoms with Crippen molar-refractivity contribution in [3.63, 3.8) is 0 Å². The molecule has 1 aromatic heterocycles. The van der Waals surface area contributed by atoms with E-state index in [1.165, 1.54) is 23.4 Å². The van der Waals surface area contributed by atoms with Gasteiger partial charge < -0.3 is 15.6 Å². The van der Waals surface area contributed by atoms with Crippen molar-refractivity contribution in [1.82, 2.24) is 14.8 Å². The number of carbonyl (C=O) groups excluding carboxylic acids is 1. The Kier molecular flexibility index (Phi) is 6.13. The van der Waals surface area contributed by atoms with Crippen molar-refractivity contribution in [2.24, 2.45) is 5.73 Å². The molecular weight excluding hydrogens is 359 g/mol. The molecule has 2 rings (SSSR count). The Labute approximate surface area is 147 Å². The molecule has 128 valence electrons. The van der Waals surface area contributed by atoms with E-state index in [1.807, 2.05) is 0 Å². The quantitative estimate of drug-likeness (QED) is 0.709. The van der Waals surface area contributed by atoms with E-state index in [4.69, 9.17) is 38.8 Å². The Balaban J connectivity index is 2.19. The predicted molar refractivity (Wildman–Crippen MR) is 85.5 cm³/mol. The molecule has 1 aromatic carbocycles. The van der Waals surface area contributed by atoms with Crippen molar-refractivity contribution in [2.45, 2.75) is 25.1 Å². The summed E-state index contributed by atoms with van der Waals surface area (Å²) < 4.78 is 6.81. The van der Waals surface area contributed by atoms with Gasteiger partial charge in [-0.1, -0.05) is 29.3 Å². The summed E-state index contributed by atoms with van der Waals surface area (Å²) in [6.07, 6.45) is 1.52. The summed E-state index contributed by atoms with van der Waals surface area (Å²) >= 11 is 12.0. The van der Waals surface area contributed by atoms with Gasteiger partial charge in [0, 0.05) is 15.6 Å². The van der Waals surface area contributed by atoms with E-state index in [0.717, 1.165) is 0 Å². The molecule has 0 aliphatic rings. The largest absolute Gasteiger partial charge is 0.480 e. The number of carboxylic acids is 1. The van der Waals surface area contributed by atoms with Crippen LogP contribution in [0.2, 0.25) is 10.0 Å². The van der Waals surface area contributed by atoms with Crippen molar-refractivity contribution >= 4 is 35.1 Å². The van der Waals surface area contributed by atoms with Crippen LogP contribution < -0.4 is 5.73 Å². The molecule has 0 bridgehead atoms. The molecule has 0 aliphatic carbocycles. The van der Waals surface area contributed by atoms with Crippen molar-refractivity contribution in [3.05, 3.63) is 46.5 Å².